The number of hydrogen-bond acceptors (Lipinski definition) is 8. The van der Waals surface area contributed by atoms with Crippen molar-refractivity contribution in [3.05, 3.63) is 0 Å². The van der Waals surface area contributed by atoms with Crippen molar-refractivity contribution in [3.8, 4) is 0 Å². The van der Waals surface area contributed by atoms with Crippen LogP contribution in [0.2, 0.25) is 0 Å². The van der Waals surface area contributed by atoms with Crippen LogP contribution < -0.4 is 5.32 Å². The third-order valence-electron chi connectivity index (χ3n) is 9.04. The number of thioether (sulfide) groups is 1. The molecule has 0 aliphatic heterocycles. The van der Waals surface area contributed by atoms with Crippen molar-refractivity contribution in [2.45, 2.75) is 134 Å². The summed E-state index contributed by atoms with van der Waals surface area (Å²) in [5, 5.41) is 32.0. The zero-order valence-electron chi connectivity index (χ0n) is 29.1. The summed E-state index contributed by atoms with van der Waals surface area (Å²) in [6, 6.07) is 0. The van der Waals surface area contributed by atoms with Crippen LogP contribution in [0.1, 0.15) is 116 Å². The normalized spacial score (nSPS) is 17.2. The van der Waals surface area contributed by atoms with E-state index in [2.05, 4.69) is 53.8 Å². The van der Waals surface area contributed by atoms with Gasteiger partial charge >= 0.3 is 5.97 Å². The lowest BCUT2D eigenvalue weighted by molar-refractivity contribution is -0.170. The number of nitrogens with one attached hydrogen (secondary N) is 1. The van der Waals surface area contributed by atoms with E-state index < -0.39 is 51.3 Å². The Morgan fingerprint density at radius 2 is 1.33 bits per heavy atom. The lowest BCUT2D eigenvalue weighted by Crippen LogP contribution is -2.55. The molecule has 1 amide bonds. The number of Topliss-reactive ketones (excluding diaryl/α,β-unsaturated/α-hetero) is 1. The van der Waals surface area contributed by atoms with E-state index in [4.69, 9.17) is 9.84 Å². The third kappa shape index (κ3) is 12.4. The van der Waals surface area contributed by atoms with Gasteiger partial charge < -0.3 is 25.4 Å². The molecule has 0 saturated carbocycles. The Morgan fingerprint density at radius 1 is 0.833 bits per heavy atom. The van der Waals surface area contributed by atoms with Crippen molar-refractivity contribution in [1.29, 1.82) is 0 Å². The third-order valence-corrected chi connectivity index (χ3v) is 10.3. The number of carbonyl (C=O) groups excluding carboxylic acids is 3. The molecule has 0 radical (unpaired) electrons. The van der Waals surface area contributed by atoms with Gasteiger partial charge in [0.05, 0.1) is 24.2 Å². The smallest absolute Gasteiger partial charge is 0.312 e. The molecule has 0 heterocycles. The standard InChI is InChI=1S/C33H63NO7S/c1-22(36)15-31(10,11)34-26(39)25(16-28(2,3)4)32(12,13)30(8,9)21-33(14,29(5,6)7)27(40)41-18-24(38)20-42-19-23(37)17-35/h23-25,35,37-38H,15-21H2,1-14H3,(H,34,39). The monoisotopic (exact) mass is 617 g/mol. The van der Waals surface area contributed by atoms with Gasteiger partial charge in [0.2, 0.25) is 5.91 Å². The number of hydrogen-bond donors (Lipinski definition) is 4. The van der Waals surface area contributed by atoms with Crippen molar-refractivity contribution >= 4 is 29.4 Å². The van der Waals surface area contributed by atoms with Crippen LogP contribution in [0.4, 0.5) is 0 Å². The molecule has 0 aromatic carbocycles. The molecule has 0 aliphatic rings. The van der Waals surface area contributed by atoms with Crippen LogP contribution in [0.5, 0.6) is 0 Å². The summed E-state index contributed by atoms with van der Waals surface area (Å²) in [6.45, 7) is 27.4. The van der Waals surface area contributed by atoms with Gasteiger partial charge in [-0.15, -0.1) is 0 Å². The summed E-state index contributed by atoms with van der Waals surface area (Å²) in [5.41, 5.74) is -3.34. The van der Waals surface area contributed by atoms with Gasteiger partial charge in [0, 0.05) is 29.4 Å². The molecule has 4 N–H and O–H groups in total. The maximum Gasteiger partial charge on any atom is 0.312 e. The first-order chi connectivity index (χ1) is 18.6. The summed E-state index contributed by atoms with van der Waals surface area (Å²) in [7, 11) is 0. The molecule has 8 nitrogen and oxygen atoms in total. The maximum atomic E-state index is 14.0. The van der Waals surface area contributed by atoms with Gasteiger partial charge in [-0.1, -0.05) is 69.2 Å². The number of ketones is 1. The molecule has 0 fully saturated rings. The van der Waals surface area contributed by atoms with E-state index in [1.165, 1.54) is 18.7 Å². The molecule has 248 valence electrons. The van der Waals surface area contributed by atoms with Crippen LogP contribution in [0.15, 0.2) is 0 Å². The average Bonchev–Trinajstić information content (AvgIpc) is 2.77. The number of carbonyl (C=O) groups is 3. The van der Waals surface area contributed by atoms with Crippen molar-refractivity contribution in [2.24, 2.45) is 33.0 Å². The van der Waals surface area contributed by atoms with Crippen LogP contribution in [0, 0.1) is 33.0 Å². The van der Waals surface area contributed by atoms with Crippen molar-refractivity contribution in [2.75, 3.05) is 24.7 Å². The summed E-state index contributed by atoms with van der Waals surface area (Å²) >= 11 is 1.28. The first kappa shape index (κ1) is 40.8. The van der Waals surface area contributed by atoms with Gasteiger partial charge in [-0.25, -0.2) is 0 Å². The zero-order valence-corrected chi connectivity index (χ0v) is 29.9. The quantitative estimate of drug-likeness (QED) is 0.160. The first-order valence-electron chi connectivity index (χ1n) is 15.2. The number of aliphatic hydroxyl groups excluding tert-OH is 3. The maximum absolute atomic E-state index is 14.0. The van der Waals surface area contributed by atoms with Crippen LogP contribution >= 0.6 is 11.8 Å². The van der Waals surface area contributed by atoms with Gasteiger partial charge in [-0.3, -0.25) is 14.4 Å². The number of esters is 1. The molecular formula is C33H63NO7S. The molecule has 4 atom stereocenters. The van der Waals surface area contributed by atoms with Gasteiger partial charge in [0.25, 0.3) is 0 Å². The number of ether oxygens (including phenoxy) is 1. The Morgan fingerprint density at radius 3 is 1.76 bits per heavy atom. The predicted octanol–water partition coefficient (Wildman–Crippen LogP) is 5.40. The lowest BCUT2D eigenvalue weighted by Gasteiger charge is -2.53. The van der Waals surface area contributed by atoms with E-state index in [1.807, 2.05) is 41.5 Å². The summed E-state index contributed by atoms with van der Waals surface area (Å²) in [5.74, 6) is -0.345. The molecule has 0 aromatic heterocycles. The molecule has 0 spiro atoms. The molecule has 0 saturated heterocycles. The fraction of sp³-hybridized carbons (Fsp3) is 0.909. The van der Waals surface area contributed by atoms with Crippen molar-refractivity contribution < 1.29 is 34.4 Å². The molecule has 0 bridgehead atoms. The second-order valence-corrected chi connectivity index (χ2v) is 17.6. The van der Waals surface area contributed by atoms with Crippen LogP contribution in [-0.2, 0) is 19.1 Å². The highest BCUT2D eigenvalue weighted by Crippen LogP contribution is 2.57. The lowest BCUT2D eigenvalue weighted by atomic mass is 9.51. The fourth-order valence-corrected chi connectivity index (χ4v) is 6.26. The minimum absolute atomic E-state index is 0.0122. The van der Waals surface area contributed by atoms with Gasteiger partial charge in [0.15, 0.2) is 0 Å². The van der Waals surface area contributed by atoms with Crippen molar-refractivity contribution in [3.63, 3.8) is 0 Å². The molecular weight excluding hydrogens is 554 g/mol. The minimum Gasteiger partial charge on any atom is -0.462 e. The fourth-order valence-electron chi connectivity index (χ4n) is 5.37. The summed E-state index contributed by atoms with van der Waals surface area (Å²) < 4.78 is 5.70. The number of aliphatic hydroxyl groups is 3. The topological polar surface area (TPSA) is 133 Å². The molecule has 9 heteroatoms. The molecule has 42 heavy (non-hydrogen) atoms. The Hall–Kier alpha value is -1.16. The number of amides is 1. The Balaban J connectivity index is 6.17. The summed E-state index contributed by atoms with van der Waals surface area (Å²) in [4.78, 5) is 39.6. The van der Waals surface area contributed by atoms with Crippen molar-refractivity contribution in [1.82, 2.24) is 5.32 Å². The minimum atomic E-state index is -0.940. The van der Waals surface area contributed by atoms with Crippen LogP contribution in [0.3, 0.4) is 0 Å². The largest absolute Gasteiger partial charge is 0.462 e. The van der Waals surface area contributed by atoms with Gasteiger partial charge in [-0.2, -0.15) is 11.8 Å². The van der Waals surface area contributed by atoms with Gasteiger partial charge in [-0.05, 0) is 62.2 Å². The zero-order chi connectivity index (χ0) is 33.5. The van der Waals surface area contributed by atoms with E-state index in [0.29, 0.717) is 12.8 Å². The van der Waals surface area contributed by atoms with Gasteiger partial charge in [0.1, 0.15) is 12.4 Å². The van der Waals surface area contributed by atoms with E-state index in [-0.39, 0.29) is 48.2 Å². The van der Waals surface area contributed by atoms with Crippen LogP contribution in [-0.4, -0.2) is 75.4 Å². The van der Waals surface area contributed by atoms with Crippen LogP contribution in [0.25, 0.3) is 0 Å². The highest BCUT2D eigenvalue weighted by Gasteiger charge is 2.55. The second kappa shape index (κ2) is 15.2. The first-order valence-corrected chi connectivity index (χ1v) is 16.3. The summed E-state index contributed by atoms with van der Waals surface area (Å²) in [6.07, 6.45) is -0.462. The molecule has 0 rings (SSSR count). The Labute approximate surface area is 260 Å². The highest BCUT2D eigenvalue weighted by molar-refractivity contribution is 7.99. The Kier molecular flexibility index (Phi) is 14.8. The SMILES string of the molecule is CC(=O)CC(C)(C)NC(=O)C(CC(C)(C)C)C(C)(C)C(C)(C)CC(C)(C(=O)OCC(O)CSCC(O)CO)C(C)(C)C. The predicted molar refractivity (Wildman–Crippen MR) is 172 cm³/mol. The highest BCUT2D eigenvalue weighted by atomic mass is 32.2. The Bertz CT molecular complexity index is 901. The molecule has 0 aliphatic carbocycles. The van der Waals surface area contributed by atoms with E-state index in [9.17, 15) is 24.6 Å². The van der Waals surface area contributed by atoms with E-state index in [0.717, 1.165) is 0 Å². The number of rotatable bonds is 17. The second-order valence-electron chi connectivity index (χ2n) is 16.6. The van der Waals surface area contributed by atoms with E-state index >= 15 is 0 Å². The molecule has 4 unspecified atom stereocenters. The van der Waals surface area contributed by atoms with E-state index in [1.54, 1.807) is 0 Å². The average molecular weight is 618 g/mol. The molecule has 0 aromatic rings.